The van der Waals surface area contributed by atoms with Gasteiger partial charge in [-0.15, -0.1) is 0 Å². The zero-order chi connectivity index (χ0) is 15.2. The molecule has 1 aliphatic rings. The molecule has 1 saturated heterocycles. The summed E-state index contributed by atoms with van der Waals surface area (Å²) < 4.78 is 18.8. The summed E-state index contributed by atoms with van der Waals surface area (Å²) in [5.41, 5.74) is 0.515. The molecule has 0 aliphatic carbocycles. The molecule has 0 bridgehead atoms. The van der Waals surface area contributed by atoms with Crippen molar-refractivity contribution in [1.29, 1.82) is 0 Å². The van der Waals surface area contributed by atoms with Crippen LogP contribution in [-0.4, -0.2) is 47.7 Å². The van der Waals surface area contributed by atoms with E-state index in [0.29, 0.717) is 25.1 Å². The number of nitrogens with zero attached hydrogens (tertiary/aromatic N) is 1. The van der Waals surface area contributed by atoms with Gasteiger partial charge in [0.2, 0.25) is 5.91 Å². The molecule has 1 amide bonds. The number of hydrogen-bond acceptors (Lipinski definition) is 3. The number of rotatable bonds is 5. The number of hydrogen-bond donors (Lipinski definition) is 1. The Morgan fingerprint density at radius 2 is 2.14 bits per heavy atom. The number of carbonyl (C=O) groups is 2. The van der Waals surface area contributed by atoms with Crippen molar-refractivity contribution in [2.45, 2.75) is 25.4 Å². The van der Waals surface area contributed by atoms with Gasteiger partial charge in [0.1, 0.15) is 5.82 Å². The van der Waals surface area contributed by atoms with Crippen LogP contribution >= 0.6 is 0 Å². The van der Waals surface area contributed by atoms with E-state index >= 15 is 0 Å². The molecule has 1 aromatic carbocycles. The van der Waals surface area contributed by atoms with Gasteiger partial charge >= 0.3 is 5.97 Å². The molecule has 0 spiro atoms. The molecule has 0 unspecified atom stereocenters. The van der Waals surface area contributed by atoms with Crippen molar-refractivity contribution in [2.24, 2.45) is 0 Å². The highest BCUT2D eigenvalue weighted by atomic mass is 19.1. The van der Waals surface area contributed by atoms with Crippen LogP contribution in [0.2, 0.25) is 0 Å². The fourth-order valence-electron chi connectivity index (χ4n) is 2.36. The molecule has 0 radical (unpaired) electrons. The SMILES string of the molecule is O=C(O)C[C@H]1CN(C(=O)CCc2ccccc2F)CCO1. The first kappa shape index (κ1) is 15.4. The summed E-state index contributed by atoms with van der Waals surface area (Å²) in [6.07, 6.45) is -0.0294. The number of carboxylic acid groups (broad SMARTS) is 1. The van der Waals surface area contributed by atoms with Gasteiger partial charge in [0.25, 0.3) is 0 Å². The molecule has 1 aliphatic heterocycles. The maximum atomic E-state index is 13.5. The average molecular weight is 295 g/mol. The molecule has 1 N–H and O–H groups in total. The number of benzene rings is 1. The van der Waals surface area contributed by atoms with E-state index in [1.807, 2.05) is 0 Å². The van der Waals surface area contributed by atoms with Gasteiger partial charge in [0.05, 0.1) is 19.1 Å². The first-order valence-corrected chi connectivity index (χ1v) is 6.91. The van der Waals surface area contributed by atoms with Gasteiger partial charge in [-0.3, -0.25) is 9.59 Å². The summed E-state index contributed by atoms with van der Waals surface area (Å²) in [4.78, 5) is 24.4. The third-order valence-electron chi connectivity index (χ3n) is 3.46. The van der Waals surface area contributed by atoms with Crippen molar-refractivity contribution in [2.75, 3.05) is 19.7 Å². The second-order valence-electron chi connectivity index (χ2n) is 5.02. The quantitative estimate of drug-likeness (QED) is 0.893. The van der Waals surface area contributed by atoms with Gasteiger partial charge < -0.3 is 14.7 Å². The standard InChI is InChI=1S/C15H18FNO4/c16-13-4-2-1-3-11(13)5-6-14(18)17-7-8-21-12(10-17)9-15(19)20/h1-4,12H,5-10H2,(H,19,20)/t12-/m0/s1. The molecular formula is C15H18FNO4. The average Bonchev–Trinajstić information content (AvgIpc) is 2.45. The first-order chi connectivity index (χ1) is 10.1. The molecule has 6 heteroatoms. The van der Waals surface area contributed by atoms with Crippen LogP contribution < -0.4 is 0 Å². The van der Waals surface area contributed by atoms with Crippen LogP contribution in [0.4, 0.5) is 4.39 Å². The van der Waals surface area contributed by atoms with E-state index in [1.54, 1.807) is 23.1 Å². The molecule has 1 atom stereocenters. The van der Waals surface area contributed by atoms with E-state index in [2.05, 4.69) is 0 Å². The number of ether oxygens (including phenoxy) is 1. The number of halogens is 1. The lowest BCUT2D eigenvalue weighted by Gasteiger charge is -2.32. The summed E-state index contributed by atoms with van der Waals surface area (Å²) in [6, 6.07) is 6.38. The number of aliphatic carboxylic acids is 1. The highest BCUT2D eigenvalue weighted by molar-refractivity contribution is 5.76. The zero-order valence-corrected chi connectivity index (χ0v) is 11.6. The summed E-state index contributed by atoms with van der Waals surface area (Å²) in [5, 5.41) is 8.75. The summed E-state index contributed by atoms with van der Waals surface area (Å²) in [7, 11) is 0. The van der Waals surface area contributed by atoms with Crippen LogP contribution in [0.1, 0.15) is 18.4 Å². The number of carbonyl (C=O) groups excluding carboxylic acids is 1. The van der Waals surface area contributed by atoms with Gasteiger partial charge in [-0.1, -0.05) is 18.2 Å². The van der Waals surface area contributed by atoms with Crippen molar-refractivity contribution in [3.63, 3.8) is 0 Å². The number of aryl methyl sites for hydroxylation is 1. The monoisotopic (exact) mass is 295 g/mol. The second-order valence-corrected chi connectivity index (χ2v) is 5.02. The van der Waals surface area contributed by atoms with Crippen molar-refractivity contribution >= 4 is 11.9 Å². The first-order valence-electron chi connectivity index (χ1n) is 6.91. The van der Waals surface area contributed by atoms with Crippen LogP contribution in [-0.2, 0) is 20.7 Å². The van der Waals surface area contributed by atoms with Crippen LogP contribution in [0.25, 0.3) is 0 Å². The van der Waals surface area contributed by atoms with E-state index in [1.165, 1.54) is 6.07 Å². The van der Waals surface area contributed by atoms with Crippen molar-refractivity contribution < 1.29 is 23.8 Å². The second kappa shape index (κ2) is 7.17. The number of amides is 1. The molecular weight excluding hydrogens is 277 g/mol. The lowest BCUT2D eigenvalue weighted by molar-refractivity contribution is -0.147. The summed E-state index contributed by atoms with van der Waals surface area (Å²) >= 11 is 0. The Morgan fingerprint density at radius 3 is 2.86 bits per heavy atom. The molecule has 1 aromatic rings. The minimum Gasteiger partial charge on any atom is -0.481 e. The van der Waals surface area contributed by atoms with E-state index in [0.717, 1.165) is 0 Å². The topological polar surface area (TPSA) is 66.8 Å². The molecule has 1 heterocycles. The third-order valence-corrected chi connectivity index (χ3v) is 3.46. The molecule has 1 fully saturated rings. The molecule has 0 saturated carbocycles. The van der Waals surface area contributed by atoms with Gasteiger partial charge in [-0.25, -0.2) is 4.39 Å². The molecule has 114 valence electrons. The predicted octanol–water partition coefficient (Wildman–Crippen LogP) is 1.46. The van der Waals surface area contributed by atoms with Crippen molar-refractivity contribution in [3.8, 4) is 0 Å². The van der Waals surface area contributed by atoms with Gasteiger partial charge in [0.15, 0.2) is 0 Å². The lowest BCUT2D eigenvalue weighted by Crippen LogP contribution is -2.46. The van der Waals surface area contributed by atoms with Crippen LogP contribution in [0.3, 0.4) is 0 Å². The van der Waals surface area contributed by atoms with Crippen LogP contribution in [0.5, 0.6) is 0 Å². The minimum absolute atomic E-state index is 0.100. The van der Waals surface area contributed by atoms with Crippen LogP contribution in [0, 0.1) is 5.82 Å². The Bertz CT molecular complexity index is 520. The predicted molar refractivity (Wildman–Crippen MR) is 73.3 cm³/mol. The summed E-state index contributed by atoms with van der Waals surface area (Å²) in [5.74, 6) is -1.35. The summed E-state index contributed by atoms with van der Waals surface area (Å²) in [6.45, 7) is 1.07. The fourth-order valence-corrected chi connectivity index (χ4v) is 2.36. The molecule has 21 heavy (non-hydrogen) atoms. The number of morpholine rings is 1. The Labute approximate surface area is 122 Å². The highest BCUT2D eigenvalue weighted by Crippen LogP contribution is 2.13. The Morgan fingerprint density at radius 1 is 1.38 bits per heavy atom. The van der Waals surface area contributed by atoms with Crippen molar-refractivity contribution in [3.05, 3.63) is 35.6 Å². The van der Waals surface area contributed by atoms with Crippen LogP contribution in [0.15, 0.2) is 24.3 Å². The van der Waals surface area contributed by atoms with E-state index in [-0.39, 0.29) is 31.1 Å². The minimum atomic E-state index is -0.944. The lowest BCUT2D eigenvalue weighted by atomic mass is 10.1. The van der Waals surface area contributed by atoms with Crippen molar-refractivity contribution in [1.82, 2.24) is 4.90 Å². The van der Waals surface area contributed by atoms with Gasteiger partial charge in [-0.05, 0) is 18.1 Å². The zero-order valence-electron chi connectivity index (χ0n) is 11.6. The molecule has 2 rings (SSSR count). The maximum Gasteiger partial charge on any atom is 0.306 e. The maximum absolute atomic E-state index is 13.5. The largest absolute Gasteiger partial charge is 0.481 e. The number of carboxylic acids is 1. The Kier molecular flexibility index (Phi) is 5.27. The highest BCUT2D eigenvalue weighted by Gasteiger charge is 2.25. The van der Waals surface area contributed by atoms with Gasteiger partial charge in [-0.2, -0.15) is 0 Å². The fraction of sp³-hybridized carbons (Fsp3) is 0.467. The Hall–Kier alpha value is -1.95. The Balaban J connectivity index is 1.85. The van der Waals surface area contributed by atoms with E-state index in [4.69, 9.17) is 9.84 Å². The van der Waals surface area contributed by atoms with E-state index < -0.39 is 12.1 Å². The smallest absolute Gasteiger partial charge is 0.306 e. The molecule has 5 nitrogen and oxygen atoms in total. The normalized spacial score (nSPS) is 18.5. The van der Waals surface area contributed by atoms with Gasteiger partial charge in [0, 0.05) is 19.5 Å². The molecule has 0 aromatic heterocycles. The third kappa shape index (κ3) is 4.53. The van der Waals surface area contributed by atoms with E-state index in [9.17, 15) is 14.0 Å².